The molecule has 0 atom stereocenters. The highest BCUT2D eigenvalue weighted by atomic mass is 32.1. The van der Waals surface area contributed by atoms with E-state index in [1.807, 2.05) is 0 Å². The molecule has 1 aliphatic carbocycles. The zero-order valence-electron chi connectivity index (χ0n) is 12.1. The van der Waals surface area contributed by atoms with E-state index < -0.39 is 0 Å². The Morgan fingerprint density at radius 3 is 2.85 bits per heavy atom. The summed E-state index contributed by atoms with van der Waals surface area (Å²) in [6, 6.07) is 0.416. The number of hydrogen-bond acceptors (Lipinski definition) is 4. The minimum Gasteiger partial charge on any atom is -0.393 e. The summed E-state index contributed by atoms with van der Waals surface area (Å²) >= 11 is 4.93. The normalized spacial score (nSPS) is 14.6. The topological polar surface area (TPSA) is 64.2 Å². The third-order valence-corrected chi connectivity index (χ3v) is 3.52. The van der Waals surface area contributed by atoms with Crippen LogP contribution in [0.2, 0.25) is 0 Å². The number of nitrogens with zero attached hydrogens (tertiary/aromatic N) is 3. The van der Waals surface area contributed by atoms with Crippen LogP contribution in [-0.4, -0.2) is 27.1 Å². The smallest absolute Gasteiger partial charge is 0.293 e. The zero-order chi connectivity index (χ0) is 14.7. The van der Waals surface area contributed by atoms with Crippen molar-refractivity contribution < 1.29 is 0 Å². The van der Waals surface area contributed by atoms with Gasteiger partial charge in [-0.25, -0.2) is 4.98 Å². The van der Waals surface area contributed by atoms with Gasteiger partial charge in [-0.1, -0.05) is 26.1 Å². The summed E-state index contributed by atoms with van der Waals surface area (Å²) in [7, 11) is 0. The van der Waals surface area contributed by atoms with Gasteiger partial charge in [0.25, 0.3) is 5.56 Å². The van der Waals surface area contributed by atoms with Crippen molar-refractivity contribution >= 4 is 23.0 Å². The minimum absolute atomic E-state index is 0.0176. The molecule has 2 rings (SSSR count). The first-order valence-electron chi connectivity index (χ1n) is 7.09. The van der Waals surface area contributed by atoms with Crippen LogP contribution in [0.15, 0.2) is 17.2 Å². The van der Waals surface area contributed by atoms with E-state index in [1.165, 1.54) is 0 Å². The Hall–Kier alpha value is -1.43. The molecule has 0 radical (unpaired) electrons. The van der Waals surface area contributed by atoms with Crippen LogP contribution in [0, 0.1) is 5.92 Å². The van der Waals surface area contributed by atoms with E-state index in [1.54, 1.807) is 17.0 Å². The van der Waals surface area contributed by atoms with Gasteiger partial charge in [0.2, 0.25) is 0 Å². The van der Waals surface area contributed by atoms with Crippen molar-refractivity contribution in [3.8, 4) is 0 Å². The first-order valence-corrected chi connectivity index (χ1v) is 7.50. The summed E-state index contributed by atoms with van der Waals surface area (Å²) in [5.74, 6) is 0.959. The maximum Gasteiger partial charge on any atom is 0.293 e. The van der Waals surface area contributed by atoms with Crippen molar-refractivity contribution in [3.63, 3.8) is 0 Å². The molecule has 1 fully saturated rings. The van der Waals surface area contributed by atoms with Crippen molar-refractivity contribution in [2.75, 3.05) is 11.4 Å². The molecule has 110 valence electrons. The molecule has 0 unspecified atom stereocenters. The Labute approximate surface area is 124 Å². The molecule has 0 aliphatic heterocycles. The number of nitrogens with two attached hydrogens (primary N) is 1. The van der Waals surface area contributed by atoms with Crippen molar-refractivity contribution in [1.82, 2.24) is 9.55 Å². The lowest BCUT2D eigenvalue weighted by atomic mass is 10.2. The Kier molecular flexibility index (Phi) is 4.75. The molecular formula is C14H22N4OS. The molecular weight excluding hydrogens is 272 g/mol. The fourth-order valence-corrected chi connectivity index (χ4v) is 2.34. The average molecular weight is 294 g/mol. The highest BCUT2D eigenvalue weighted by molar-refractivity contribution is 7.80. The Balaban J connectivity index is 2.24. The Bertz CT molecular complexity index is 536. The molecule has 0 bridgehead atoms. The van der Waals surface area contributed by atoms with Crippen molar-refractivity contribution in [2.24, 2.45) is 11.7 Å². The van der Waals surface area contributed by atoms with E-state index in [2.05, 4.69) is 23.7 Å². The summed E-state index contributed by atoms with van der Waals surface area (Å²) in [6.45, 7) is 5.58. The molecule has 1 heterocycles. The van der Waals surface area contributed by atoms with Crippen LogP contribution < -0.4 is 16.2 Å². The molecule has 0 amide bonds. The second kappa shape index (κ2) is 6.35. The van der Waals surface area contributed by atoms with E-state index in [-0.39, 0.29) is 5.56 Å². The van der Waals surface area contributed by atoms with Crippen LogP contribution in [0.4, 0.5) is 5.82 Å². The van der Waals surface area contributed by atoms with Gasteiger partial charge >= 0.3 is 0 Å². The van der Waals surface area contributed by atoms with E-state index in [4.69, 9.17) is 18.0 Å². The van der Waals surface area contributed by atoms with Gasteiger partial charge in [0.05, 0.1) is 4.99 Å². The molecule has 0 aromatic carbocycles. The molecule has 0 spiro atoms. The van der Waals surface area contributed by atoms with Gasteiger partial charge < -0.3 is 15.2 Å². The molecule has 6 heteroatoms. The monoisotopic (exact) mass is 294 g/mol. The molecule has 1 aromatic rings. The molecule has 1 saturated carbocycles. The van der Waals surface area contributed by atoms with Gasteiger partial charge in [0.15, 0.2) is 5.82 Å². The maximum atomic E-state index is 12.5. The SMILES string of the molecule is CC(C)Cn1ccnc(N(CCC(N)=S)C2CC2)c1=O. The van der Waals surface area contributed by atoms with Crippen molar-refractivity contribution in [1.29, 1.82) is 0 Å². The van der Waals surface area contributed by atoms with Crippen molar-refractivity contribution in [3.05, 3.63) is 22.7 Å². The lowest BCUT2D eigenvalue weighted by Gasteiger charge is -2.23. The fourth-order valence-electron chi connectivity index (χ4n) is 2.25. The van der Waals surface area contributed by atoms with Crippen LogP contribution in [-0.2, 0) is 6.54 Å². The Morgan fingerprint density at radius 1 is 1.60 bits per heavy atom. The van der Waals surface area contributed by atoms with Crippen LogP contribution in [0.5, 0.6) is 0 Å². The average Bonchev–Trinajstić information content (AvgIpc) is 3.17. The van der Waals surface area contributed by atoms with Crippen LogP contribution in [0.1, 0.15) is 33.1 Å². The third-order valence-electron chi connectivity index (χ3n) is 3.32. The number of rotatable bonds is 7. The molecule has 5 nitrogen and oxygen atoms in total. The van der Waals surface area contributed by atoms with Gasteiger partial charge in [-0.05, 0) is 18.8 Å². The van der Waals surface area contributed by atoms with Crippen LogP contribution in [0.25, 0.3) is 0 Å². The highest BCUT2D eigenvalue weighted by Crippen LogP contribution is 2.29. The fraction of sp³-hybridized carbons (Fsp3) is 0.643. The predicted molar refractivity (Wildman–Crippen MR) is 85.1 cm³/mol. The quantitative estimate of drug-likeness (QED) is 0.773. The molecule has 1 aromatic heterocycles. The van der Waals surface area contributed by atoms with Gasteiger partial charge in [0, 0.05) is 37.9 Å². The lowest BCUT2D eigenvalue weighted by molar-refractivity contribution is 0.507. The van der Waals surface area contributed by atoms with Gasteiger partial charge in [0.1, 0.15) is 0 Å². The van der Waals surface area contributed by atoms with Gasteiger partial charge in [-0.2, -0.15) is 0 Å². The van der Waals surface area contributed by atoms with E-state index in [9.17, 15) is 4.79 Å². The lowest BCUT2D eigenvalue weighted by Crippen LogP contribution is -2.37. The number of hydrogen-bond donors (Lipinski definition) is 1. The zero-order valence-corrected chi connectivity index (χ0v) is 12.9. The summed E-state index contributed by atoms with van der Waals surface area (Å²) in [5.41, 5.74) is 5.56. The maximum absolute atomic E-state index is 12.5. The predicted octanol–water partition coefficient (Wildman–Crippen LogP) is 1.54. The number of aromatic nitrogens is 2. The highest BCUT2D eigenvalue weighted by Gasteiger charge is 2.31. The standard InChI is InChI=1S/C14H22N4OS/c1-10(2)9-17-8-6-16-13(14(17)19)18(11-3-4-11)7-5-12(15)20/h6,8,10-11H,3-5,7,9H2,1-2H3,(H2,15,20). The first-order chi connectivity index (χ1) is 9.49. The molecule has 1 aliphatic rings. The van der Waals surface area contributed by atoms with E-state index in [0.29, 0.717) is 42.3 Å². The summed E-state index contributed by atoms with van der Waals surface area (Å²) < 4.78 is 1.74. The second-order valence-electron chi connectivity index (χ2n) is 5.74. The number of thiocarbonyl (C=S) groups is 1. The summed E-state index contributed by atoms with van der Waals surface area (Å²) in [4.78, 5) is 19.4. The molecule has 20 heavy (non-hydrogen) atoms. The summed E-state index contributed by atoms with van der Waals surface area (Å²) in [5, 5.41) is 0. The van der Waals surface area contributed by atoms with Crippen LogP contribution >= 0.6 is 12.2 Å². The largest absolute Gasteiger partial charge is 0.393 e. The minimum atomic E-state index is -0.0176. The van der Waals surface area contributed by atoms with Crippen molar-refractivity contribution in [2.45, 2.75) is 45.7 Å². The van der Waals surface area contributed by atoms with Gasteiger partial charge in [-0.15, -0.1) is 0 Å². The molecule has 0 saturated heterocycles. The van der Waals surface area contributed by atoms with E-state index in [0.717, 1.165) is 12.8 Å². The second-order valence-corrected chi connectivity index (χ2v) is 6.27. The van der Waals surface area contributed by atoms with Crippen LogP contribution in [0.3, 0.4) is 0 Å². The third kappa shape index (κ3) is 3.79. The molecule has 2 N–H and O–H groups in total. The van der Waals surface area contributed by atoms with E-state index >= 15 is 0 Å². The summed E-state index contributed by atoms with van der Waals surface area (Å²) in [6.07, 6.45) is 6.29. The Morgan fingerprint density at radius 2 is 2.30 bits per heavy atom. The first kappa shape index (κ1) is 15.0. The number of anilines is 1. The van der Waals surface area contributed by atoms with Gasteiger partial charge in [-0.3, -0.25) is 4.79 Å².